The molecule has 0 saturated carbocycles. The first kappa shape index (κ1) is 25.8. The number of amides is 3. The van der Waals surface area contributed by atoms with E-state index in [0.29, 0.717) is 25.8 Å². The molecule has 6 unspecified atom stereocenters. The van der Waals surface area contributed by atoms with Crippen LogP contribution in [0.2, 0.25) is 0 Å². The molecule has 1 heterocycles. The van der Waals surface area contributed by atoms with Crippen molar-refractivity contribution in [2.45, 2.75) is 84.2 Å². The number of aliphatic carboxylic acids is 1. The van der Waals surface area contributed by atoms with Crippen LogP contribution in [0, 0.1) is 11.8 Å². The van der Waals surface area contributed by atoms with E-state index in [1.54, 1.807) is 6.92 Å². The van der Waals surface area contributed by atoms with Gasteiger partial charge in [-0.05, 0) is 31.6 Å². The zero-order valence-electron chi connectivity index (χ0n) is 18.4. The highest BCUT2D eigenvalue weighted by Crippen LogP contribution is 2.20. The van der Waals surface area contributed by atoms with E-state index in [2.05, 4.69) is 10.6 Å². The Morgan fingerprint density at radius 1 is 1.10 bits per heavy atom. The SMILES string of the molecule is CCC(C)C(NC(=O)C1CCCN1C(=O)C(N)C(C)C)C(=O)NC(C(=O)O)C(C)O. The molecular weight excluding hydrogens is 392 g/mol. The molecular formula is C20H36N4O6. The van der Waals surface area contributed by atoms with Crippen LogP contribution in [0.25, 0.3) is 0 Å². The van der Waals surface area contributed by atoms with Gasteiger partial charge in [-0.3, -0.25) is 14.4 Å². The van der Waals surface area contributed by atoms with Crippen LogP contribution in [0.3, 0.4) is 0 Å². The van der Waals surface area contributed by atoms with Crippen molar-refractivity contribution in [2.75, 3.05) is 6.54 Å². The van der Waals surface area contributed by atoms with Crippen LogP contribution < -0.4 is 16.4 Å². The quantitative estimate of drug-likeness (QED) is 0.311. The highest BCUT2D eigenvalue weighted by atomic mass is 16.4. The van der Waals surface area contributed by atoms with Crippen molar-refractivity contribution in [2.24, 2.45) is 17.6 Å². The maximum atomic E-state index is 12.9. The van der Waals surface area contributed by atoms with E-state index in [-0.39, 0.29) is 17.7 Å². The number of hydrogen-bond donors (Lipinski definition) is 5. The molecule has 172 valence electrons. The van der Waals surface area contributed by atoms with E-state index in [4.69, 9.17) is 5.73 Å². The summed E-state index contributed by atoms with van der Waals surface area (Å²) in [6, 6.07) is -3.93. The van der Waals surface area contributed by atoms with Crippen LogP contribution in [0.4, 0.5) is 0 Å². The first-order valence-corrected chi connectivity index (χ1v) is 10.5. The Kier molecular flexibility index (Phi) is 9.70. The van der Waals surface area contributed by atoms with E-state index >= 15 is 0 Å². The third-order valence-electron chi connectivity index (χ3n) is 5.68. The first-order valence-electron chi connectivity index (χ1n) is 10.5. The van der Waals surface area contributed by atoms with Crippen LogP contribution in [0.15, 0.2) is 0 Å². The maximum Gasteiger partial charge on any atom is 0.328 e. The van der Waals surface area contributed by atoms with E-state index in [9.17, 15) is 29.4 Å². The van der Waals surface area contributed by atoms with Crippen LogP contribution in [0.1, 0.15) is 53.9 Å². The zero-order chi connectivity index (χ0) is 23.2. The lowest BCUT2D eigenvalue weighted by Gasteiger charge is -2.31. The number of carboxylic acids is 1. The Hall–Kier alpha value is -2.20. The summed E-state index contributed by atoms with van der Waals surface area (Å²) in [5, 5.41) is 23.8. The molecule has 0 aromatic carbocycles. The molecule has 1 rings (SSSR count). The summed E-state index contributed by atoms with van der Waals surface area (Å²) in [4.78, 5) is 51.1. The number of hydrogen-bond acceptors (Lipinski definition) is 6. The lowest BCUT2D eigenvalue weighted by molar-refractivity contribution is -0.146. The van der Waals surface area contributed by atoms with Gasteiger partial charge in [-0.1, -0.05) is 34.1 Å². The van der Waals surface area contributed by atoms with E-state index in [0.717, 1.165) is 0 Å². The van der Waals surface area contributed by atoms with Gasteiger partial charge < -0.3 is 31.5 Å². The smallest absolute Gasteiger partial charge is 0.328 e. The highest BCUT2D eigenvalue weighted by molar-refractivity contribution is 5.94. The molecule has 1 aliphatic rings. The molecule has 1 aliphatic heterocycles. The molecule has 6 atom stereocenters. The van der Waals surface area contributed by atoms with Gasteiger partial charge in [-0.15, -0.1) is 0 Å². The Morgan fingerprint density at radius 2 is 1.70 bits per heavy atom. The van der Waals surface area contributed by atoms with Crippen molar-refractivity contribution in [3.8, 4) is 0 Å². The number of likely N-dealkylation sites (tertiary alicyclic amines) is 1. The second-order valence-electron chi connectivity index (χ2n) is 8.40. The van der Waals surface area contributed by atoms with Gasteiger partial charge in [-0.25, -0.2) is 4.79 Å². The number of carbonyl (C=O) groups excluding carboxylic acids is 3. The molecule has 0 aromatic rings. The molecule has 6 N–H and O–H groups in total. The Balaban J connectivity index is 2.96. The van der Waals surface area contributed by atoms with Gasteiger partial charge >= 0.3 is 5.97 Å². The molecule has 0 radical (unpaired) electrons. The van der Waals surface area contributed by atoms with Gasteiger partial charge in [0.2, 0.25) is 17.7 Å². The molecule has 30 heavy (non-hydrogen) atoms. The fourth-order valence-corrected chi connectivity index (χ4v) is 3.36. The molecule has 3 amide bonds. The normalized spacial score (nSPS) is 21.5. The zero-order valence-corrected chi connectivity index (χ0v) is 18.4. The maximum absolute atomic E-state index is 12.9. The van der Waals surface area contributed by atoms with Crippen LogP contribution in [-0.4, -0.2) is 75.6 Å². The lowest BCUT2D eigenvalue weighted by atomic mass is 9.97. The summed E-state index contributed by atoms with van der Waals surface area (Å²) in [5.74, 6) is -3.20. The Labute approximate surface area is 177 Å². The largest absolute Gasteiger partial charge is 0.480 e. The number of nitrogens with zero attached hydrogens (tertiary/aromatic N) is 1. The molecule has 0 bridgehead atoms. The van der Waals surface area contributed by atoms with Gasteiger partial charge in [-0.2, -0.15) is 0 Å². The van der Waals surface area contributed by atoms with Crippen molar-refractivity contribution in [3.63, 3.8) is 0 Å². The predicted octanol–water partition coefficient (Wildman–Crippen LogP) is -0.558. The summed E-state index contributed by atoms with van der Waals surface area (Å²) >= 11 is 0. The van der Waals surface area contributed by atoms with Crippen LogP contribution in [-0.2, 0) is 19.2 Å². The number of nitrogens with one attached hydrogen (secondary N) is 2. The number of aliphatic hydroxyl groups excluding tert-OH is 1. The molecule has 10 nitrogen and oxygen atoms in total. The van der Waals surface area contributed by atoms with Crippen molar-refractivity contribution >= 4 is 23.7 Å². The minimum atomic E-state index is -1.49. The third-order valence-corrected chi connectivity index (χ3v) is 5.68. The number of aliphatic hydroxyl groups is 1. The summed E-state index contributed by atoms with van der Waals surface area (Å²) < 4.78 is 0. The van der Waals surface area contributed by atoms with Crippen molar-refractivity contribution in [1.29, 1.82) is 0 Å². The number of carbonyl (C=O) groups is 4. The van der Waals surface area contributed by atoms with Gasteiger partial charge in [0, 0.05) is 6.54 Å². The molecule has 10 heteroatoms. The third kappa shape index (κ3) is 6.40. The lowest BCUT2D eigenvalue weighted by Crippen LogP contribution is -2.59. The van der Waals surface area contributed by atoms with Crippen LogP contribution in [0.5, 0.6) is 0 Å². The highest BCUT2D eigenvalue weighted by Gasteiger charge is 2.39. The second-order valence-corrected chi connectivity index (χ2v) is 8.40. The van der Waals surface area contributed by atoms with Crippen molar-refractivity contribution < 1.29 is 29.4 Å². The van der Waals surface area contributed by atoms with Crippen molar-refractivity contribution in [1.82, 2.24) is 15.5 Å². The van der Waals surface area contributed by atoms with E-state index in [1.165, 1.54) is 11.8 Å². The average Bonchev–Trinajstić information content (AvgIpc) is 3.17. The monoisotopic (exact) mass is 428 g/mol. The summed E-state index contributed by atoms with van der Waals surface area (Å²) in [7, 11) is 0. The first-order chi connectivity index (χ1) is 13.9. The standard InChI is InChI=1S/C20H36N4O6/c1-6-11(4)15(18(27)23-16(12(5)25)20(29)30)22-17(26)13-8-7-9-24(13)19(28)14(21)10(2)3/h10-16,25H,6-9,21H2,1-5H3,(H,22,26)(H,23,27)(H,29,30). The van der Waals surface area contributed by atoms with Gasteiger partial charge in [0.25, 0.3) is 0 Å². The summed E-state index contributed by atoms with van der Waals surface area (Å²) in [5.41, 5.74) is 5.97. The fourth-order valence-electron chi connectivity index (χ4n) is 3.36. The molecule has 0 aliphatic carbocycles. The van der Waals surface area contributed by atoms with Gasteiger partial charge in [0.1, 0.15) is 12.1 Å². The van der Waals surface area contributed by atoms with Gasteiger partial charge in [0.05, 0.1) is 12.1 Å². The summed E-state index contributed by atoms with van der Waals surface area (Å²) in [6.07, 6.45) is 0.358. The number of rotatable bonds is 10. The average molecular weight is 429 g/mol. The molecule has 0 spiro atoms. The van der Waals surface area contributed by atoms with Crippen LogP contribution >= 0.6 is 0 Å². The van der Waals surface area contributed by atoms with E-state index < -0.39 is 48.1 Å². The minimum absolute atomic E-state index is 0.0751. The molecule has 1 fully saturated rings. The van der Waals surface area contributed by atoms with Crippen molar-refractivity contribution in [3.05, 3.63) is 0 Å². The number of nitrogens with two attached hydrogens (primary N) is 1. The second kappa shape index (κ2) is 11.3. The van der Waals surface area contributed by atoms with Gasteiger partial charge in [0.15, 0.2) is 6.04 Å². The Morgan fingerprint density at radius 3 is 2.17 bits per heavy atom. The molecule has 1 saturated heterocycles. The minimum Gasteiger partial charge on any atom is -0.480 e. The Bertz CT molecular complexity index is 639. The predicted molar refractivity (Wildman–Crippen MR) is 110 cm³/mol. The topological polar surface area (TPSA) is 162 Å². The summed E-state index contributed by atoms with van der Waals surface area (Å²) in [6.45, 7) is 8.94. The molecule has 0 aromatic heterocycles. The fraction of sp³-hybridized carbons (Fsp3) is 0.800. The van der Waals surface area contributed by atoms with E-state index in [1.807, 2.05) is 20.8 Å². The number of carboxylic acid groups (broad SMARTS) is 1.